The molecule has 1 aliphatic rings. The fourth-order valence-corrected chi connectivity index (χ4v) is 3.55. The lowest BCUT2D eigenvalue weighted by Crippen LogP contribution is -2.31. The number of carbonyl (C=O) groups excluding carboxylic acids is 1. The van der Waals surface area contributed by atoms with Crippen LogP contribution in [0.2, 0.25) is 0 Å². The van der Waals surface area contributed by atoms with Crippen molar-refractivity contribution in [2.24, 2.45) is 0 Å². The van der Waals surface area contributed by atoms with Gasteiger partial charge < -0.3 is 0 Å². The van der Waals surface area contributed by atoms with Gasteiger partial charge in [-0.25, -0.2) is 0 Å². The minimum Gasteiger partial charge on any atom is -0.293 e. The van der Waals surface area contributed by atoms with Gasteiger partial charge in [-0.05, 0) is 42.7 Å². The zero-order valence-corrected chi connectivity index (χ0v) is 13.8. The van der Waals surface area contributed by atoms with E-state index >= 15 is 0 Å². The van der Waals surface area contributed by atoms with Crippen LogP contribution in [-0.2, 0) is 6.54 Å². The quantitative estimate of drug-likeness (QED) is 0.560. The number of benzene rings is 1. The van der Waals surface area contributed by atoms with Crippen LogP contribution < -0.4 is 0 Å². The lowest BCUT2D eigenvalue weighted by Gasteiger charge is -2.20. The summed E-state index contributed by atoms with van der Waals surface area (Å²) >= 11 is 3.47. The van der Waals surface area contributed by atoms with Gasteiger partial charge in [-0.2, -0.15) is 0 Å². The Balaban J connectivity index is 1.65. The average molecular weight is 317 g/mol. The van der Waals surface area contributed by atoms with Crippen LogP contribution >= 0.6 is 23.1 Å². The summed E-state index contributed by atoms with van der Waals surface area (Å²) in [5, 5.41) is 2.10. The van der Waals surface area contributed by atoms with Crippen LogP contribution in [0.5, 0.6) is 0 Å². The first-order valence-corrected chi connectivity index (χ1v) is 9.30. The highest BCUT2D eigenvalue weighted by Crippen LogP contribution is 2.29. The summed E-state index contributed by atoms with van der Waals surface area (Å²) in [6.07, 6.45) is 4.50. The predicted molar refractivity (Wildman–Crippen MR) is 90.3 cm³/mol. The van der Waals surface area contributed by atoms with Gasteiger partial charge in [-0.15, -0.1) is 23.1 Å². The summed E-state index contributed by atoms with van der Waals surface area (Å²) < 4.78 is 0. The predicted octanol–water partition coefficient (Wildman–Crippen LogP) is 4.32. The first-order chi connectivity index (χ1) is 10.3. The second-order valence-corrected chi connectivity index (χ2v) is 7.28. The van der Waals surface area contributed by atoms with Gasteiger partial charge in [0.15, 0.2) is 5.78 Å². The summed E-state index contributed by atoms with van der Waals surface area (Å²) in [5.41, 5.74) is 0.824. The Morgan fingerprint density at radius 1 is 1.29 bits per heavy atom. The highest BCUT2D eigenvalue weighted by molar-refractivity contribution is 7.98. The van der Waals surface area contributed by atoms with Crippen molar-refractivity contribution in [3.05, 3.63) is 52.2 Å². The van der Waals surface area contributed by atoms with E-state index in [-0.39, 0.29) is 5.78 Å². The molecule has 1 fully saturated rings. The molecule has 0 amide bonds. The number of Topliss-reactive ketones (excluding diaryl/α,β-unsaturated/α-hetero) is 1. The molecule has 0 spiro atoms. The van der Waals surface area contributed by atoms with Crippen molar-refractivity contribution < 1.29 is 4.79 Å². The second kappa shape index (κ2) is 6.77. The molecule has 110 valence electrons. The molecule has 0 atom stereocenters. The molecule has 2 nitrogen and oxygen atoms in total. The summed E-state index contributed by atoms with van der Waals surface area (Å²) in [6, 6.07) is 12.8. The third-order valence-corrected chi connectivity index (χ3v) is 5.37. The fraction of sp³-hybridized carbons (Fsp3) is 0.353. The highest BCUT2D eigenvalue weighted by atomic mass is 32.2. The van der Waals surface area contributed by atoms with Crippen LogP contribution in [-0.4, -0.2) is 29.5 Å². The number of nitrogens with zero attached hydrogens (tertiary/aromatic N) is 1. The lowest BCUT2D eigenvalue weighted by atomic mass is 10.1. The molecule has 0 radical (unpaired) electrons. The van der Waals surface area contributed by atoms with Gasteiger partial charge in [-0.3, -0.25) is 9.69 Å². The average Bonchev–Trinajstić information content (AvgIpc) is 3.24. The molecule has 1 aromatic carbocycles. The number of thioether (sulfide) groups is 1. The van der Waals surface area contributed by atoms with Gasteiger partial charge in [0.1, 0.15) is 0 Å². The second-order valence-electron chi connectivity index (χ2n) is 5.37. The maximum Gasteiger partial charge on any atom is 0.176 e. The van der Waals surface area contributed by atoms with E-state index in [2.05, 4.69) is 22.4 Å². The van der Waals surface area contributed by atoms with Gasteiger partial charge in [0.25, 0.3) is 0 Å². The normalized spacial score (nSPS) is 14.6. The van der Waals surface area contributed by atoms with Gasteiger partial charge in [0.05, 0.1) is 6.54 Å². The molecule has 2 aromatic rings. The van der Waals surface area contributed by atoms with Gasteiger partial charge >= 0.3 is 0 Å². The SMILES string of the molecule is CSc1ccc(C(=O)CN(Cc2cccs2)C2CC2)cc1. The van der Waals surface area contributed by atoms with Crippen LogP contribution in [0.4, 0.5) is 0 Å². The van der Waals surface area contributed by atoms with Crippen LogP contribution in [0.15, 0.2) is 46.7 Å². The smallest absolute Gasteiger partial charge is 0.176 e. The molecule has 0 N–H and O–H groups in total. The summed E-state index contributed by atoms with van der Waals surface area (Å²) in [5.74, 6) is 0.228. The standard InChI is InChI=1S/C17H19NOS2/c1-20-15-8-4-13(5-9-15)17(19)12-18(14-6-7-14)11-16-3-2-10-21-16/h2-5,8-10,14H,6-7,11-12H2,1H3. The third kappa shape index (κ3) is 3.96. The zero-order valence-electron chi connectivity index (χ0n) is 12.1. The van der Waals surface area contributed by atoms with E-state index < -0.39 is 0 Å². The Labute approximate surface area is 134 Å². The Morgan fingerprint density at radius 3 is 2.62 bits per heavy atom. The highest BCUT2D eigenvalue weighted by Gasteiger charge is 2.30. The van der Waals surface area contributed by atoms with Gasteiger partial charge in [-0.1, -0.05) is 18.2 Å². The van der Waals surface area contributed by atoms with E-state index in [0.29, 0.717) is 12.6 Å². The minimum absolute atomic E-state index is 0.228. The van der Waals surface area contributed by atoms with Crippen molar-refractivity contribution >= 4 is 28.9 Å². The summed E-state index contributed by atoms with van der Waals surface area (Å²) in [6.45, 7) is 1.43. The molecule has 0 saturated heterocycles. The fourth-order valence-electron chi connectivity index (χ4n) is 2.41. The maximum absolute atomic E-state index is 12.5. The largest absolute Gasteiger partial charge is 0.293 e. The Bertz CT molecular complexity index is 588. The molecule has 0 aliphatic heterocycles. The Morgan fingerprint density at radius 2 is 2.05 bits per heavy atom. The van der Waals surface area contributed by atoms with Crippen molar-refractivity contribution in [1.29, 1.82) is 0 Å². The molecule has 21 heavy (non-hydrogen) atoms. The first kappa shape index (κ1) is 14.8. The molecule has 3 rings (SSSR count). The Kier molecular flexibility index (Phi) is 4.78. The number of carbonyl (C=O) groups is 1. The molecule has 1 saturated carbocycles. The van der Waals surface area contributed by atoms with E-state index in [1.54, 1.807) is 23.1 Å². The minimum atomic E-state index is 0.228. The van der Waals surface area contributed by atoms with Gasteiger partial charge in [0, 0.05) is 27.9 Å². The van der Waals surface area contributed by atoms with Crippen LogP contribution in [0.1, 0.15) is 28.1 Å². The number of rotatable bonds is 7. The number of hydrogen-bond acceptors (Lipinski definition) is 4. The lowest BCUT2D eigenvalue weighted by molar-refractivity contribution is 0.0920. The Hall–Kier alpha value is -1.10. The van der Waals surface area contributed by atoms with Crippen molar-refractivity contribution in [3.63, 3.8) is 0 Å². The molecular weight excluding hydrogens is 298 g/mol. The summed E-state index contributed by atoms with van der Waals surface area (Å²) in [7, 11) is 0. The van der Waals surface area contributed by atoms with E-state index in [9.17, 15) is 4.79 Å². The first-order valence-electron chi connectivity index (χ1n) is 7.20. The third-order valence-electron chi connectivity index (χ3n) is 3.76. The van der Waals surface area contributed by atoms with E-state index in [0.717, 1.165) is 12.1 Å². The van der Waals surface area contributed by atoms with E-state index in [4.69, 9.17) is 0 Å². The number of hydrogen-bond donors (Lipinski definition) is 0. The topological polar surface area (TPSA) is 20.3 Å². The van der Waals surface area contributed by atoms with Gasteiger partial charge in [0.2, 0.25) is 0 Å². The van der Waals surface area contributed by atoms with E-state index in [1.807, 2.05) is 30.5 Å². The van der Waals surface area contributed by atoms with Crippen molar-refractivity contribution in [3.8, 4) is 0 Å². The summed E-state index contributed by atoms with van der Waals surface area (Å²) in [4.78, 5) is 17.3. The molecule has 0 unspecified atom stereocenters. The van der Waals surface area contributed by atoms with Crippen molar-refractivity contribution in [2.75, 3.05) is 12.8 Å². The maximum atomic E-state index is 12.5. The van der Waals surface area contributed by atoms with Crippen molar-refractivity contribution in [1.82, 2.24) is 4.90 Å². The molecule has 1 heterocycles. The van der Waals surface area contributed by atoms with Crippen LogP contribution in [0, 0.1) is 0 Å². The molecular formula is C17H19NOS2. The van der Waals surface area contributed by atoms with Crippen LogP contribution in [0.25, 0.3) is 0 Å². The van der Waals surface area contributed by atoms with Crippen molar-refractivity contribution in [2.45, 2.75) is 30.3 Å². The molecule has 4 heteroatoms. The molecule has 0 bridgehead atoms. The van der Waals surface area contributed by atoms with Crippen LogP contribution in [0.3, 0.4) is 0 Å². The zero-order chi connectivity index (χ0) is 14.7. The monoisotopic (exact) mass is 317 g/mol. The molecule has 1 aliphatic carbocycles. The molecule has 1 aromatic heterocycles. The number of thiophene rings is 1. The number of ketones is 1. The van der Waals surface area contributed by atoms with E-state index in [1.165, 1.54) is 22.6 Å².